The van der Waals surface area contributed by atoms with Gasteiger partial charge in [0, 0.05) is 6.08 Å². The molecule has 0 aliphatic heterocycles. The summed E-state index contributed by atoms with van der Waals surface area (Å²) >= 11 is 0. The highest BCUT2D eigenvalue weighted by Gasteiger charge is 1.99. The van der Waals surface area contributed by atoms with Crippen molar-refractivity contribution < 1.29 is 9.90 Å². The maximum atomic E-state index is 10.4. The Labute approximate surface area is 90.3 Å². The van der Waals surface area contributed by atoms with Crippen molar-refractivity contribution in [2.45, 2.75) is 26.7 Å². The quantitative estimate of drug-likeness (QED) is 0.766. The molecule has 80 valence electrons. The number of aliphatic carboxylic acids is 1. The van der Waals surface area contributed by atoms with Gasteiger partial charge in [-0.25, -0.2) is 4.79 Å². The molecule has 0 saturated carbocycles. The van der Waals surface area contributed by atoms with E-state index in [1.54, 1.807) is 6.08 Å². The summed E-state index contributed by atoms with van der Waals surface area (Å²) in [7, 11) is 0. The van der Waals surface area contributed by atoms with Crippen LogP contribution in [0.25, 0.3) is 6.08 Å². The van der Waals surface area contributed by atoms with Crippen LogP contribution in [0.3, 0.4) is 0 Å². The highest BCUT2D eigenvalue weighted by Crippen LogP contribution is 2.14. The lowest BCUT2D eigenvalue weighted by molar-refractivity contribution is -0.131. The average Bonchev–Trinajstić information content (AvgIpc) is 2.25. The number of carboxylic acid groups (broad SMARTS) is 1. The van der Waals surface area contributed by atoms with Gasteiger partial charge >= 0.3 is 5.97 Å². The first-order valence-electron chi connectivity index (χ1n) is 5.20. The van der Waals surface area contributed by atoms with Gasteiger partial charge in [0.2, 0.25) is 0 Å². The Kier molecular flexibility index (Phi) is 4.10. The van der Waals surface area contributed by atoms with Crippen LogP contribution in [0.1, 0.15) is 30.5 Å². The number of rotatable bonds is 4. The SMILES string of the molecule is CCc1ccc(C=CC(=O)O)cc1CC. The summed E-state index contributed by atoms with van der Waals surface area (Å²) in [6.07, 6.45) is 4.80. The van der Waals surface area contributed by atoms with Crippen LogP contribution < -0.4 is 0 Å². The van der Waals surface area contributed by atoms with Crippen LogP contribution in [0.15, 0.2) is 24.3 Å². The van der Waals surface area contributed by atoms with Crippen molar-refractivity contribution in [1.82, 2.24) is 0 Å². The molecule has 0 amide bonds. The minimum absolute atomic E-state index is 0.910. The minimum atomic E-state index is -0.910. The first kappa shape index (κ1) is 11.5. The van der Waals surface area contributed by atoms with Crippen LogP contribution in [-0.4, -0.2) is 11.1 Å². The van der Waals surface area contributed by atoms with E-state index in [0.717, 1.165) is 18.4 Å². The van der Waals surface area contributed by atoms with Gasteiger partial charge in [-0.2, -0.15) is 0 Å². The predicted octanol–water partition coefficient (Wildman–Crippen LogP) is 2.91. The number of aryl methyl sites for hydroxylation is 2. The molecule has 2 heteroatoms. The fourth-order valence-corrected chi connectivity index (χ4v) is 1.59. The molecule has 0 aromatic heterocycles. The molecule has 0 bridgehead atoms. The van der Waals surface area contributed by atoms with E-state index in [9.17, 15) is 4.79 Å². The van der Waals surface area contributed by atoms with Crippen molar-refractivity contribution in [3.05, 3.63) is 41.0 Å². The van der Waals surface area contributed by atoms with Gasteiger partial charge in [-0.1, -0.05) is 32.0 Å². The Morgan fingerprint density at radius 2 is 1.93 bits per heavy atom. The van der Waals surface area contributed by atoms with E-state index in [1.165, 1.54) is 17.2 Å². The van der Waals surface area contributed by atoms with Crippen molar-refractivity contribution in [2.24, 2.45) is 0 Å². The van der Waals surface area contributed by atoms with E-state index in [0.29, 0.717) is 0 Å². The second-order valence-electron chi connectivity index (χ2n) is 3.41. The summed E-state index contributed by atoms with van der Waals surface area (Å²) in [4.78, 5) is 10.4. The standard InChI is InChI=1S/C13H16O2/c1-3-11-7-5-10(6-8-13(14)15)9-12(11)4-2/h5-9H,3-4H2,1-2H3,(H,14,15). The highest BCUT2D eigenvalue weighted by atomic mass is 16.4. The average molecular weight is 204 g/mol. The molecule has 1 rings (SSSR count). The van der Waals surface area contributed by atoms with Crippen molar-refractivity contribution in [2.75, 3.05) is 0 Å². The molecule has 1 aromatic rings. The van der Waals surface area contributed by atoms with Crippen LogP contribution in [-0.2, 0) is 17.6 Å². The van der Waals surface area contributed by atoms with Crippen molar-refractivity contribution >= 4 is 12.0 Å². The van der Waals surface area contributed by atoms with Crippen molar-refractivity contribution in [3.8, 4) is 0 Å². The van der Waals surface area contributed by atoms with Crippen LogP contribution >= 0.6 is 0 Å². The fourth-order valence-electron chi connectivity index (χ4n) is 1.59. The predicted molar refractivity (Wildman–Crippen MR) is 61.9 cm³/mol. The van der Waals surface area contributed by atoms with E-state index < -0.39 is 5.97 Å². The lowest BCUT2D eigenvalue weighted by Gasteiger charge is -2.06. The zero-order valence-corrected chi connectivity index (χ0v) is 9.16. The summed E-state index contributed by atoms with van der Waals surface area (Å²) < 4.78 is 0. The Hall–Kier alpha value is -1.57. The van der Waals surface area contributed by atoms with Gasteiger partial charge in [-0.15, -0.1) is 0 Å². The zero-order valence-electron chi connectivity index (χ0n) is 9.16. The Balaban J connectivity index is 2.97. The summed E-state index contributed by atoms with van der Waals surface area (Å²) in [5.74, 6) is -0.910. The normalized spacial score (nSPS) is 10.8. The third-order valence-corrected chi connectivity index (χ3v) is 2.41. The largest absolute Gasteiger partial charge is 0.478 e. The first-order valence-corrected chi connectivity index (χ1v) is 5.20. The van der Waals surface area contributed by atoms with Crippen molar-refractivity contribution in [3.63, 3.8) is 0 Å². The smallest absolute Gasteiger partial charge is 0.328 e. The monoisotopic (exact) mass is 204 g/mol. The molecule has 15 heavy (non-hydrogen) atoms. The summed E-state index contributed by atoms with van der Waals surface area (Å²) in [6.45, 7) is 4.24. The van der Waals surface area contributed by atoms with Crippen molar-refractivity contribution in [1.29, 1.82) is 0 Å². The van der Waals surface area contributed by atoms with E-state index in [-0.39, 0.29) is 0 Å². The first-order chi connectivity index (χ1) is 7.17. The molecule has 0 aliphatic carbocycles. The third kappa shape index (κ3) is 3.24. The molecule has 0 aliphatic rings. The Morgan fingerprint density at radius 1 is 1.27 bits per heavy atom. The molecule has 1 aromatic carbocycles. The van der Waals surface area contributed by atoms with Gasteiger partial charge in [0.25, 0.3) is 0 Å². The number of hydrogen-bond donors (Lipinski definition) is 1. The summed E-state index contributed by atoms with van der Waals surface area (Å²) in [6, 6.07) is 6.08. The zero-order chi connectivity index (χ0) is 11.3. The van der Waals surface area contributed by atoms with Crippen LogP contribution in [0.2, 0.25) is 0 Å². The molecule has 0 radical (unpaired) electrons. The topological polar surface area (TPSA) is 37.3 Å². The molecule has 0 fully saturated rings. The van der Waals surface area contributed by atoms with Gasteiger partial charge in [0.15, 0.2) is 0 Å². The number of carbonyl (C=O) groups is 1. The lowest BCUT2D eigenvalue weighted by atomic mass is 10.00. The van der Waals surface area contributed by atoms with Gasteiger partial charge < -0.3 is 5.11 Å². The maximum Gasteiger partial charge on any atom is 0.328 e. The van der Waals surface area contributed by atoms with E-state index in [1.807, 2.05) is 6.07 Å². The third-order valence-electron chi connectivity index (χ3n) is 2.41. The molecule has 0 heterocycles. The number of benzene rings is 1. The lowest BCUT2D eigenvalue weighted by Crippen LogP contribution is -1.92. The number of carboxylic acids is 1. The molecule has 0 spiro atoms. The molecule has 0 unspecified atom stereocenters. The summed E-state index contributed by atoms with van der Waals surface area (Å²) in [5, 5.41) is 8.52. The van der Waals surface area contributed by atoms with E-state index in [4.69, 9.17) is 5.11 Å². The highest BCUT2D eigenvalue weighted by molar-refractivity contribution is 5.85. The fraction of sp³-hybridized carbons (Fsp3) is 0.308. The molecular formula is C13H16O2. The van der Waals surface area contributed by atoms with Crippen LogP contribution in [0, 0.1) is 0 Å². The second kappa shape index (κ2) is 5.35. The van der Waals surface area contributed by atoms with E-state index in [2.05, 4.69) is 26.0 Å². The number of hydrogen-bond acceptors (Lipinski definition) is 1. The Bertz CT molecular complexity index is 378. The van der Waals surface area contributed by atoms with Crippen LogP contribution in [0.5, 0.6) is 0 Å². The maximum absolute atomic E-state index is 10.4. The Morgan fingerprint density at radius 3 is 2.47 bits per heavy atom. The van der Waals surface area contributed by atoms with Gasteiger partial charge in [-0.3, -0.25) is 0 Å². The van der Waals surface area contributed by atoms with Gasteiger partial charge in [0.05, 0.1) is 0 Å². The molecule has 1 N–H and O–H groups in total. The van der Waals surface area contributed by atoms with E-state index >= 15 is 0 Å². The van der Waals surface area contributed by atoms with Gasteiger partial charge in [0.1, 0.15) is 0 Å². The minimum Gasteiger partial charge on any atom is -0.478 e. The molecule has 2 nitrogen and oxygen atoms in total. The second-order valence-corrected chi connectivity index (χ2v) is 3.41. The molecular weight excluding hydrogens is 188 g/mol. The molecule has 0 saturated heterocycles. The van der Waals surface area contributed by atoms with Crippen LogP contribution in [0.4, 0.5) is 0 Å². The van der Waals surface area contributed by atoms with Gasteiger partial charge in [-0.05, 0) is 35.6 Å². The summed E-state index contributed by atoms with van der Waals surface area (Å²) in [5.41, 5.74) is 3.58. The molecule has 0 atom stereocenters.